The largest absolute Gasteiger partial charge is 0.490 e. The highest BCUT2D eigenvalue weighted by Crippen LogP contribution is 2.34. The molecule has 4 rings (SSSR count). The molecule has 2 N–H and O–H groups in total. The second-order valence-electron chi connectivity index (χ2n) is 8.06. The lowest BCUT2D eigenvalue weighted by molar-refractivity contribution is -0.193. The lowest BCUT2D eigenvalue weighted by Crippen LogP contribution is -2.53. The lowest BCUT2D eigenvalue weighted by atomic mass is 9.86. The van der Waals surface area contributed by atoms with Crippen LogP contribution in [-0.4, -0.2) is 103 Å². The molecule has 3 atom stereocenters. The number of thiophene rings is 1. The summed E-state index contributed by atoms with van der Waals surface area (Å²) in [6.45, 7) is 9.31. The summed E-state index contributed by atoms with van der Waals surface area (Å²) in [4.78, 5) is 24.5. The number of halogens is 6. The number of fused-ring (bicyclic) bond motifs is 1. The molecule has 0 saturated carbocycles. The number of likely N-dealkylation sites (tertiary alicyclic amines) is 1. The third-order valence-corrected chi connectivity index (χ3v) is 6.50. The molecule has 0 spiro atoms. The summed E-state index contributed by atoms with van der Waals surface area (Å²) in [6, 6.07) is 5.01. The summed E-state index contributed by atoms with van der Waals surface area (Å²) in [5.41, 5.74) is 0. The van der Waals surface area contributed by atoms with E-state index >= 15 is 0 Å². The molecule has 3 aliphatic heterocycles. The maximum absolute atomic E-state index is 10.6. The van der Waals surface area contributed by atoms with Crippen molar-refractivity contribution in [1.29, 1.82) is 0 Å². The van der Waals surface area contributed by atoms with Crippen LogP contribution in [0.5, 0.6) is 0 Å². The molecule has 35 heavy (non-hydrogen) atoms. The molecule has 1 aromatic rings. The van der Waals surface area contributed by atoms with E-state index in [1.54, 1.807) is 0 Å². The molecule has 3 aliphatic rings. The van der Waals surface area contributed by atoms with Gasteiger partial charge in [-0.1, -0.05) is 6.07 Å². The predicted molar refractivity (Wildman–Crippen MR) is 111 cm³/mol. The molecule has 0 radical (unpaired) electrons. The van der Waals surface area contributed by atoms with Crippen LogP contribution in [0.3, 0.4) is 0 Å². The van der Waals surface area contributed by atoms with Crippen molar-refractivity contribution in [2.75, 3.05) is 52.6 Å². The molecule has 8 nitrogen and oxygen atoms in total. The maximum atomic E-state index is 10.6. The second-order valence-corrected chi connectivity index (χ2v) is 9.09. The molecule has 0 unspecified atom stereocenters. The zero-order valence-corrected chi connectivity index (χ0v) is 19.2. The minimum absolute atomic E-state index is 0.598. The Morgan fingerprint density at radius 2 is 1.54 bits per heavy atom. The van der Waals surface area contributed by atoms with Gasteiger partial charge in [0.25, 0.3) is 0 Å². The van der Waals surface area contributed by atoms with Crippen molar-refractivity contribution in [2.24, 2.45) is 11.8 Å². The van der Waals surface area contributed by atoms with Crippen molar-refractivity contribution >= 4 is 23.3 Å². The third kappa shape index (κ3) is 9.56. The van der Waals surface area contributed by atoms with Crippen molar-refractivity contribution in [1.82, 2.24) is 9.80 Å². The van der Waals surface area contributed by atoms with Gasteiger partial charge in [-0.2, -0.15) is 26.3 Å². The van der Waals surface area contributed by atoms with Gasteiger partial charge < -0.3 is 19.7 Å². The molecule has 4 heterocycles. The van der Waals surface area contributed by atoms with E-state index in [1.807, 2.05) is 11.3 Å². The van der Waals surface area contributed by atoms with Gasteiger partial charge in [-0.05, 0) is 17.4 Å². The van der Waals surface area contributed by atoms with E-state index in [4.69, 9.17) is 29.3 Å². The van der Waals surface area contributed by atoms with Crippen LogP contribution in [0.4, 0.5) is 26.3 Å². The number of aliphatic carboxylic acids is 2. The van der Waals surface area contributed by atoms with E-state index in [0.717, 1.165) is 52.0 Å². The number of carbonyl (C=O) groups is 2. The Kier molecular flexibility index (Phi) is 10.8. The van der Waals surface area contributed by atoms with Crippen molar-refractivity contribution in [3.63, 3.8) is 0 Å². The van der Waals surface area contributed by atoms with E-state index in [1.165, 1.54) is 18.0 Å². The number of nitrogens with zero attached hydrogens (tertiary/aromatic N) is 2. The normalized spacial score (nSPS) is 25.5. The van der Waals surface area contributed by atoms with Gasteiger partial charge in [-0.3, -0.25) is 9.80 Å². The highest BCUT2D eigenvalue weighted by atomic mass is 32.1. The summed E-state index contributed by atoms with van der Waals surface area (Å²) >= 11 is 1.87. The Balaban J connectivity index is 0.000000257. The summed E-state index contributed by atoms with van der Waals surface area (Å²) in [6.07, 6.45) is -10.2. The highest BCUT2D eigenvalue weighted by Gasteiger charge is 2.43. The zero-order chi connectivity index (χ0) is 26.2. The smallest absolute Gasteiger partial charge is 0.475 e. The maximum Gasteiger partial charge on any atom is 0.490 e. The number of carboxylic acids is 2. The molecule has 0 aromatic carbocycles. The Labute approximate surface area is 201 Å². The Bertz CT molecular complexity index is 777. The van der Waals surface area contributed by atoms with Crippen molar-refractivity contribution in [3.8, 4) is 0 Å². The number of morpholine rings is 1. The third-order valence-electron chi connectivity index (χ3n) is 5.64. The van der Waals surface area contributed by atoms with E-state index in [2.05, 4.69) is 27.3 Å². The van der Waals surface area contributed by atoms with E-state index in [0.29, 0.717) is 12.0 Å². The monoisotopic (exact) mass is 536 g/mol. The fourth-order valence-corrected chi connectivity index (χ4v) is 4.85. The number of hydrogen-bond acceptors (Lipinski definition) is 7. The fraction of sp³-hybridized carbons (Fsp3) is 0.700. The van der Waals surface area contributed by atoms with E-state index in [-0.39, 0.29) is 0 Å². The van der Waals surface area contributed by atoms with Gasteiger partial charge in [-0.25, -0.2) is 9.59 Å². The van der Waals surface area contributed by atoms with Crippen molar-refractivity contribution in [2.45, 2.75) is 24.9 Å². The summed E-state index contributed by atoms with van der Waals surface area (Å²) < 4.78 is 74.9. The minimum atomic E-state index is -5.08. The average Bonchev–Trinajstić information content (AvgIpc) is 3.43. The van der Waals surface area contributed by atoms with Gasteiger partial charge in [0.15, 0.2) is 0 Å². The number of carboxylic acid groups (broad SMARTS) is 2. The van der Waals surface area contributed by atoms with Crippen LogP contribution in [0.1, 0.15) is 4.88 Å². The molecule has 0 aliphatic carbocycles. The van der Waals surface area contributed by atoms with Crippen LogP contribution < -0.4 is 0 Å². The molecule has 0 amide bonds. The molecular formula is C20H26F6N2O6S. The average molecular weight is 536 g/mol. The Morgan fingerprint density at radius 3 is 2.03 bits per heavy atom. The summed E-state index contributed by atoms with van der Waals surface area (Å²) in [5, 5.41) is 16.4. The molecule has 3 fully saturated rings. The zero-order valence-electron chi connectivity index (χ0n) is 18.4. The molecule has 0 bridgehead atoms. The van der Waals surface area contributed by atoms with Gasteiger partial charge in [0.2, 0.25) is 0 Å². The number of ether oxygens (including phenoxy) is 2. The first-order chi connectivity index (χ1) is 16.3. The molecule has 200 valence electrons. The van der Waals surface area contributed by atoms with Crippen LogP contribution in [0.25, 0.3) is 0 Å². The molecule has 15 heteroatoms. The van der Waals surface area contributed by atoms with Gasteiger partial charge in [0.05, 0.1) is 26.4 Å². The minimum Gasteiger partial charge on any atom is -0.475 e. The Morgan fingerprint density at radius 1 is 0.971 bits per heavy atom. The summed E-state index contributed by atoms with van der Waals surface area (Å²) in [7, 11) is 0. The van der Waals surface area contributed by atoms with Gasteiger partial charge in [0.1, 0.15) is 0 Å². The van der Waals surface area contributed by atoms with E-state index < -0.39 is 24.3 Å². The first-order valence-corrected chi connectivity index (χ1v) is 11.4. The first kappa shape index (κ1) is 29.3. The van der Waals surface area contributed by atoms with E-state index in [9.17, 15) is 26.3 Å². The van der Waals surface area contributed by atoms with Gasteiger partial charge >= 0.3 is 24.3 Å². The fourth-order valence-electron chi connectivity index (χ4n) is 4.10. The van der Waals surface area contributed by atoms with Crippen molar-refractivity contribution < 1.29 is 55.6 Å². The number of alkyl halides is 6. The standard InChI is InChI=1S/C16H24N2O2S.2C2HF3O2/c1-2-14(21-7-1)9-17-8-13-11-20-12-16(15(13)10-17)18-3-5-19-6-4-18;2*3-2(4,5)1(6)7/h1-2,7,13,15-16H,3-6,8-12H2;2*(H,6,7)/t13-,15-,16-;;/m1../s1. The number of rotatable bonds is 3. The second kappa shape index (κ2) is 12.9. The van der Waals surface area contributed by atoms with Crippen LogP contribution in [0.15, 0.2) is 17.5 Å². The SMILES string of the molecule is O=C(O)C(F)(F)F.O=C(O)C(F)(F)F.c1csc(CN2C[C@@H]3COC[C@@H](N4CCOCC4)[C@@H]3C2)c1. The lowest BCUT2D eigenvalue weighted by Gasteiger charge is -2.42. The van der Waals surface area contributed by atoms with Crippen LogP contribution in [-0.2, 0) is 25.6 Å². The molecule has 1 aromatic heterocycles. The quantitative estimate of drug-likeness (QED) is 0.570. The Hall–Kier alpha value is -1.94. The summed E-state index contributed by atoms with van der Waals surface area (Å²) in [5.74, 6) is -4.02. The molecular weight excluding hydrogens is 510 g/mol. The van der Waals surface area contributed by atoms with Crippen LogP contribution >= 0.6 is 11.3 Å². The molecule has 3 saturated heterocycles. The number of hydrogen-bond donors (Lipinski definition) is 2. The van der Waals surface area contributed by atoms with Gasteiger partial charge in [0, 0.05) is 49.6 Å². The van der Waals surface area contributed by atoms with Crippen LogP contribution in [0.2, 0.25) is 0 Å². The van der Waals surface area contributed by atoms with Gasteiger partial charge in [-0.15, -0.1) is 11.3 Å². The highest BCUT2D eigenvalue weighted by molar-refractivity contribution is 7.09. The predicted octanol–water partition coefficient (Wildman–Crippen LogP) is 2.79. The van der Waals surface area contributed by atoms with Crippen molar-refractivity contribution in [3.05, 3.63) is 22.4 Å². The van der Waals surface area contributed by atoms with Crippen LogP contribution in [0, 0.1) is 11.8 Å². The first-order valence-electron chi connectivity index (χ1n) is 10.5. The topological polar surface area (TPSA) is 99.5 Å².